The third-order valence-corrected chi connectivity index (χ3v) is 6.94. The second-order valence-electron chi connectivity index (χ2n) is 8.32. The molecule has 0 radical (unpaired) electrons. The summed E-state index contributed by atoms with van der Waals surface area (Å²) in [7, 11) is -2.88. The fraction of sp³-hybridized carbons (Fsp3) is 0.950. The van der Waals surface area contributed by atoms with Crippen molar-refractivity contribution in [3.63, 3.8) is 0 Å². The molecular formula is C20H42IN5O2S. The zero-order valence-electron chi connectivity index (χ0n) is 18.5. The molecule has 0 saturated carbocycles. The highest BCUT2D eigenvalue weighted by atomic mass is 127. The Labute approximate surface area is 195 Å². The highest BCUT2D eigenvalue weighted by Gasteiger charge is 2.21. The van der Waals surface area contributed by atoms with Gasteiger partial charge in [-0.2, -0.15) is 0 Å². The van der Waals surface area contributed by atoms with Gasteiger partial charge >= 0.3 is 0 Å². The van der Waals surface area contributed by atoms with Crippen LogP contribution in [0.25, 0.3) is 0 Å². The first kappa shape index (κ1) is 26.9. The molecule has 2 N–H and O–H groups in total. The van der Waals surface area contributed by atoms with Crippen LogP contribution in [0.3, 0.4) is 0 Å². The number of nitrogens with one attached hydrogen (secondary N) is 2. The minimum absolute atomic E-state index is 0. The summed E-state index contributed by atoms with van der Waals surface area (Å²) in [6.07, 6.45) is 7.16. The summed E-state index contributed by atoms with van der Waals surface area (Å²) < 4.78 is 22.7. The Kier molecular flexibility index (Phi) is 13.0. The maximum absolute atomic E-state index is 11.3. The van der Waals surface area contributed by atoms with E-state index in [1.54, 1.807) is 0 Å². The van der Waals surface area contributed by atoms with Crippen LogP contribution in [0.2, 0.25) is 0 Å². The Balaban J connectivity index is 0.00000420. The molecule has 7 nitrogen and oxygen atoms in total. The summed E-state index contributed by atoms with van der Waals surface area (Å²) in [4.78, 5) is 9.61. The zero-order chi connectivity index (χ0) is 20.4. The normalized spacial score (nSPS) is 21.0. The monoisotopic (exact) mass is 543 g/mol. The molecule has 0 unspecified atom stereocenters. The smallest absolute Gasteiger partial charge is 0.191 e. The summed E-state index contributed by atoms with van der Waals surface area (Å²) in [6, 6.07) is 0.417. The minimum Gasteiger partial charge on any atom is -0.357 e. The Bertz CT molecular complexity index is 571. The van der Waals surface area contributed by atoms with E-state index in [9.17, 15) is 8.42 Å². The highest BCUT2D eigenvalue weighted by Crippen LogP contribution is 2.20. The van der Waals surface area contributed by atoms with Gasteiger partial charge in [0.25, 0.3) is 0 Å². The summed E-state index contributed by atoms with van der Waals surface area (Å²) in [5.74, 6) is 2.00. The summed E-state index contributed by atoms with van der Waals surface area (Å²) in [6.45, 7) is 12.3. The van der Waals surface area contributed by atoms with Gasteiger partial charge in [0, 0.05) is 45.0 Å². The largest absolute Gasteiger partial charge is 0.357 e. The number of hydrogen-bond acceptors (Lipinski definition) is 5. The first-order chi connectivity index (χ1) is 13.4. The molecule has 0 aliphatic carbocycles. The molecular weight excluding hydrogens is 501 g/mol. The number of aliphatic imine (C=N–C) groups is 1. The lowest BCUT2D eigenvalue weighted by Crippen LogP contribution is -2.49. The van der Waals surface area contributed by atoms with Crippen LogP contribution in [-0.4, -0.2) is 94.6 Å². The SMILES string of the molecule is CCNC(=NCCC1CCN(CC)CC1)NC1CCN(CCS(C)(=O)=O)CC1.I. The number of piperidine rings is 2. The van der Waals surface area contributed by atoms with Crippen molar-refractivity contribution in [2.24, 2.45) is 10.9 Å². The van der Waals surface area contributed by atoms with Crippen molar-refractivity contribution in [1.82, 2.24) is 20.4 Å². The third kappa shape index (κ3) is 11.2. The molecule has 0 spiro atoms. The van der Waals surface area contributed by atoms with E-state index < -0.39 is 9.84 Å². The van der Waals surface area contributed by atoms with Crippen LogP contribution in [0.1, 0.15) is 46.0 Å². The van der Waals surface area contributed by atoms with E-state index in [1.807, 2.05) is 0 Å². The van der Waals surface area contributed by atoms with Crippen LogP contribution < -0.4 is 10.6 Å². The predicted octanol–water partition coefficient (Wildman–Crippen LogP) is 1.79. The Morgan fingerprint density at radius 1 is 1.03 bits per heavy atom. The van der Waals surface area contributed by atoms with Gasteiger partial charge in [-0.3, -0.25) is 4.99 Å². The fourth-order valence-electron chi connectivity index (χ4n) is 4.06. The van der Waals surface area contributed by atoms with Crippen molar-refractivity contribution in [1.29, 1.82) is 0 Å². The lowest BCUT2D eigenvalue weighted by molar-refractivity contribution is 0.188. The fourth-order valence-corrected chi connectivity index (χ4v) is 4.65. The van der Waals surface area contributed by atoms with Crippen LogP contribution in [0.4, 0.5) is 0 Å². The number of hydrogen-bond donors (Lipinski definition) is 2. The van der Waals surface area contributed by atoms with Crippen molar-refractivity contribution in [3.8, 4) is 0 Å². The van der Waals surface area contributed by atoms with E-state index in [0.29, 0.717) is 12.6 Å². The van der Waals surface area contributed by atoms with Gasteiger partial charge in [0.15, 0.2) is 5.96 Å². The summed E-state index contributed by atoms with van der Waals surface area (Å²) in [5, 5.41) is 6.97. The molecule has 0 amide bonds. The van der Waals surface area contributed by atoms with Gasteiger partial charge in [0.2, 0.25) is 0 Å². The van der Waals surface area contributed by atoms with Gasteiger partial charge in [-0.05, 0) is 64.6 Å². The van der Waals surface area contributed by atoms with Crippen LogP contribution in [-0.2, 0) is 9.84 Å². The Morgan fingerprint density at radius 2 is 1.66 bits per heavy atom. The molecule has 2 aliphatic heterocycles. The number of nitrogens with zero attached hydrogens (tertiary/aromatic N) is 3. The molecule has 2 aliphatic rings. The van der Waals surface area contributed by atoms with Gasteiger partial charge in [-0.25, -0.2) is 8.42 Å². The second-order valence-corrected chi connectivity index (χ2v) is 10.6. The molecule has 29 heavy (non-hydrogen) atoms. The molecule has 9 heteroatoms. The summed E-state index contributed by atoms with van der Waals surface area (Å²) >= 11 is 0. The predicted molar refractivity (Wildman–Crippen MR) is 133 cm³/mol. The topological polar surface area (TPSA) is 77.0 Å². The molecule has 0 aromatic heterocycles. The van der Waals surface area contributed by atoms with Crippen LogP contribution >= 0.6 is 24.0 Å². The van der Waals surface area contributed by atoms with Gasteiger partial charge in [-0.15, -0.1) is 24.0 Å². The van der Waals surface area contributed by atoms with E-state index in [2.05, 4.69) is 34.3 Å². The highest BCUT2D eigenvalue weighted by molar-refractivity contribution is 14.0. The number of halogens is 1. The maximum atomic E-state index is 11.3. The zero-order valence-corrected chi connectivity index (χ0v) is 21.7. The number of rotatable bonds is 9. The molecule has 2 heterocycles. The van der Waals surface area contributed by atoms with E-state index in [-0.39, 0.29) is 29.7 Å². The van der Waals surface area contributed by atoms with Crippen molar-refractivity contribution < 1.29 is 8.42 Å². The first-order valence-electron chi connectivity index (χ1n) is 11.1. The van der Waals surface area contributed by atoms with Crippen molar-refractivity contribution in [3.05, 3.63) is 0 Å². The molecule has 2 rings (SSSR count). The summed E-state index contributed by atoms with van der Waals surface area (Å²) in [5.41, 5.74) is 0. The van der Waals surface area contributed by atoms with Crippen LogP contribution in [0.15, 0.2) is 4.99 Å². The third-order valence-electron chi connectivity index (χ3n) is 6.01. The van der Waals surface area contributed by atoms with Gasteiger partial charge < -0.3 is 20.4 Å². The minimum atomic E-state index is -2.88. The average Bonchev–Trinajstić information content (AvgIpc) is 2.67. The Hall–Kier alpha value is -0.130. The number of likely N-dealkylation sites (tertiary alicyclic amines) is 2. The lowest BCUT2D eigenvalue weighted by atomic mass is 9.94. The van der Waals surface area contributed by atoms with Gasteiger partial charge in [-0.1, -0.05) is 6.92 Å². The molecule has 0 bridgehead atoms. The van der Waals surface area contributed by atoms with Crippen LogP contribution in [0.5, 0.6) is 0 Å². The maximum Gasteiger partial charge on any atom is 0.191 e. The van der Waals surface area contributed by atoms with E-state index in [1.165, 1.54) is 45.2 Å². The molecule has 0 aromatic carbocycles. The van der Waals surface area contributed by atoms with Gasteiger partial charge in [0.05, 0.1) is 5.75 Å². The van der Waals surface area contributed by atoms with E-state index in [0.717, 1.165) is 50.9 Å². The van der Waals surface area contributed by atoms with Gasteiger partial charge in [0.1, 0.15) is 9.84 Å². The standard InChI is InChI=1S/C20H41N5O2S.HI/c1-4-21-20(22-11-6-18-7-12-24(5-2)13-8-18)23-19-9-14-25(15-10-19)16-17-28(3,26)27;/h18-19H,4-17H2,1-3H3,(H2,21,22,23);1H. The quantitative estimate of drug-likeness (QED) is 0.263. The van der Waals surface area contributed by atoms with Crippen molar-refractivity contribution >= 4 is 39.8 Å². The number of sulfone groups is 1. The first-order valence-corrected chi connectivity index (χ1v) is 13.1. The molecule has 0 aromatic rings. The lowest BCUT2D eigenvalue weighted by Gasteiger charge is -2.33. The molecule has 2 saturated heterocycles. The average molecular weight is 544 g/mol. The Morgan fingerprint density at radius 3 is 2.21 bits per heavy atom. The van der Waals surface area contributed by atoms with Crippen molar-refractivity contribution in [2.45, 2.75) is 52.0 Å². The molecule has 0 atom stereocenters. The molecule has 2 fully saturated rings. The second kappa shape index (κ2) is 14.0. The molecule has 172 valence electrons. The van der Waals surface area contributed by atoms with Crippen molar-refractivity contribution in [2.75, 3.05) is 64.4 Å². The van der Waals surface area contributed by atoms with Crippen LogP contribution in [0, 0.1) is 5.92 Å². The van der Waals surface area contributed by atoms with E-state index in [4.69, 9.17) is 4.99 Å². The number of guanidine groups is 1. The van der Waals surface area contributed by atoms with E-state index >= 15 is 0 Å².